The maximum absolute atomic E-state index is 13.2. The fourth-order valence-electron chi connectivity index (χ4n) is 4.78. The lowest BCUT2D eigenvalue weighted by molar-refractivity contribution is -0.121. The molecular weight excluding hydrogens is 480 g/mol. The zero-order chi connectivity index (χ0) is 24.7. The van der Waals surface area contributed by atoms with Crippen molar-refractivity contribution in [3.63, 3.8) is 0 Å². The summed E-state index contributed by atoms with van der Waals surface area (Å²) in [5, 5.41) is 4.22. The fourth-order valence-corrected chi connectivity index (χ4v) is 4.78. The first kappa shape index (κ1) is 26.1. The summed E-state index contributed by atoms with van der Waals surface area (Å²) >= 11 is 0. The number of nitrogens with zero attached hydrogens (tertiary/aromatic N) is 3. The molecule has 2 aromatic carbocycles. The van der Waals surface area contributed by atoms with Crippen LogP contribution < -0.4 is 5.32 Å². The molecule has 6 heteroatoms. The lowest BCUT2D eigenvalue weighted by Crippen LogP contribution is -2.27. The third kappa shape index (κ3) is 6.43. The molecule has 5 rings (SSSR count). The molecule has 1 amide bonds. The van der Waals surface area contributed by atoms with Crippen LogP contribution in [0.1, 0.15) is 40.2 Å². The number of aromatic nitrogens is 3. The van der Waals surface area contributed by atoms with Crippen LogP contribution in [-0.2, 0) is 17.8 Å². The molecule has 37 heavy (non-hydrogen) atoms. The average molecular weight is 511 g/mol. The summed E-state index contributed by atoms with van der Waals surface area (Å²) < 4.78 is 2.20. The number of carbonyl (C=O) groups is 1. The molecule has 5 nitrogen and oxygen atoms in total. The van der Waals surface area contributed by atoms with Gasteiger partial charge in [0.15, 0.2) is 0 Å². The number of pyridine rings is 2. The van der Waals surface area contributed by atoms with Gasteiger partial charge < -0.3 is 9.88 Å². The number of hydrogen-bond acceptors (Lipinski definition) is 3. The van der Waals surface area contributed by atoms with E-state index < -0.39 is 0 Å². The Balaban J connectivity index is 0.00000320. The quantitative estimate of drug-likeness (QED) is 0.261. The molecule has 0 spiro atoms. The zero-order valence-electron chi connectivity index (χ0n) is 20.9. The molecule has 0 aliphatic rings. The smallest absolute Gasteiger partial charge is 0.220 e. The second kappa shape index (κ2) is 12.3. The van der Waals surface area contributed by atoms with E-state index in [-0.39, 0.29) is 24.2 Å². The predicted octanol–water partition coefficient (Wildman–Crippen LogP) is 6.09. The molecule has 1 atom stereocenters. The van der Waals surface area contributed by atoms with Gasteiger partial charge in [-0.15, -0.1) is 12.4 Å². The van der Waals surface area contributed by atoms with Gasteiger partial charge in [0.1, 0.15) is 5.65 Å². The van der Waals surface area contributed by atoms with Crippen molar-refractivity contribution in [1.82, 2.24) is 19.9 Å². The molecule has 0 aliphatic carbocycles. The molecule has 0 bridgehead atoms. The van der Waals surface area contributed by atoms with Crippen LogP contribution >= 0.6 is 12.4 Å². The highest BCUT2D eigenvalue weighted by Crippen LogP contribution is 2.34. The largest absolute Gasteiger partial charge is 0.356 e. The summed E-state index contributed by atoms with van der Waals surface area (Å²) in [5.74, 6) is -0.0297. The Morgan fingerprint density at radius 3 is 2.51 bits per heavy atom. The number of halogens is 1. The van der Waals surface area contributed by atoms with E-state index in [4.69, 9.17) is 4.98 Å². The number of nitrogens with one attached hydrogen (secondary N) is 1. The van der Waals surface area contributed by atoms with E-state index >= 15 is 0 Å². The number of benzene rings is 2. The maximum Gasteiger partial charge on any atom is 0.220 e. The standard InChI is InChI=1S/C31H30N4O.ClH/c1-23-7-5-10-26(19-23)28(20-30(36)33-18-14-24-12-16-32-17-13-24)29-22-35(21-25-8-3-2-4-9-25)31-27(29)11-6-15-34-31;/h2-13,15-17,19,22,28H,14,18,20-21H2,1H3,(H,33,36);1H. The summed E-state index contributed by atoms with van der Waals surface area (Å²) in [6.07, 6.45) is 8.74. The Labute approximate surface area is 224 Å². The second-order valence-corrected chi connectivity index (χ2v) is 9.20. The van der Waals surface area contributed by atoms with Gasteiger partial charge in [-0.3, -0.25) is 9.78 Å². The van der Waals surface area contributed by atoms with Gasteiger partial charge in [0, 0.05) is 55.6 Å². The monoisotopic (exact) mass is 510 g/mol. The van der Waals surface area contributed by atoms with E-state index in [1.807, 2.05) is 30.5 Å². The predicted molar refractivity (Wildman–Crippen MR) is 151 cm³/mol. The molecule has 0 saturated carbocycles. The van der Waals surface area contributed by atoms with Crippen LogP contribution in [0.4, 0.5) is 0 Å². The van der Waals surface area contributed by atoms with E-state index in [9.17, 15) is 4.79 Å². The molecule has 5 aromatic rings. The van der Waals surface area contributed by atoms with Gasteiger partial charge in [0.05, 0.1) is 0 Å². The van der Waals surface area contributed by atoms with Crippen molar-refractivity contribution in [1.29, 1.82) is 0 Å². The molecule has 1 unspecified atom stereocenters. The molecule has 0 aliphatic heterocycles. The topological polar surface area (TPSA) is 59.8 Å². The highest BCUT2D eigenvalue weighted by atomic mass is 35.5. The van der Waals surface area contributed by atoms with Gasteiger partial charge in [-0.1, -0.05) is 60.2 Å². The number of rotatable bonds is 9. The number of fused-ring (bicyclic) bond motifs is 1. The average Bonchev–Trinajstić information content (AvgIpc) is 3.26. The van der Waals surface area contributed by atoms with Crippen LogP contribution in [0, 0.1) is 6.92 Å². The van der Waals surface area contributed by atoms with Gasteiger partial charge in [0.2, 0.25) is 5.91 Å². The Hall–Kier alpha value is -3.96. The normalized spacial score (nSPS) is 11.6. The summed E-state index contributed by atoms with van der Waals surface area (Å²) in [4.78, 5) is 21.9. The highest BCUT2D eigenvalue weighted by molar-refractivity contribution is 5.85. The summed E-state index contributed by atoms with van der Waals surface area (Å²) in [6, 6.07) is 26.9. The van der Waals surface area contributed by atoms with Crippen LogP contribution in [0.25, 0.3) is 11.0 Å². The third-order valence-electron chi connectivity index (χ3n) is 6.56. The van der Waals surface area contributed by atoms with Crippen molar-refractivity contribution in [3.8, 4) is 0 Å². The molecule has 3 aromatic heterocycles. The Bertz CT molecular complexity index is 1450. The van der Waals surface area contributed by atoms with Crippen LogP contribution in [0.2, 0.25) is 0 Å². The first-order valence-corrected chi connectivity index (χ1v) is 12.4. The van der Waals surface area contributed by atoms with Crippen molar-refractivity contribution >= 4 is 29.3 Å². The van der Waals surface area contributed by atoms with Gasteiger partial charge >= 0.3 is 0 Å². The van der Waals surface area contributed by atoms with E-state index in [1.165, 1.54) is 11.1 Å². The van der Waals surface area contributed by atoms with E-state index in [0.29, 0.717) is 13.0 Å². The van der Waals surface area contributed by atoms with Crippen molar-refractivity contribution in [2.45, 2.75) is 32.2 Å². The number of hydrogen-bond donors (Lipinski definition) is 1. The van der Waals surface area contributed by atoms with E-state index in [1.54, 1.807) is 12.4 Å². The fraction of sp³-hybridized carbons (Fsp3) is 0.194. The van der Waals surface area contributed by atoms with E-state index in [0.717, 1.165) is 40.7 Å². The van der Waals surface area contributed by atoms with Crippen LogP contribution in [0.5, 0.6) is 0 Å². The molecule has 0 fully saturated rings. The van der Waals surface area contributed by atoms with Gasteiger partial charge in [-0.05, 0) is 59.9 Å². The minimum absolute atomic E-state index is 0. The summed E-state index contributed by atoms with van der Waals surface area (Å²) in [6.45, 7) is 3.42. The molecule has 0 radical (unpaired) electrons. The first-order chi connectivity index (χ1) is 17.7. The Morgan fingerprint density at radius 2 is 1.73 bits per heavy atom. The number of amides is 1. The lowest BCUT2D eigenvalue weighted by atomic mass is 9.87. The summed E-state index contributed by atoms with van der Waals surface area (Å²) in [7, 11) is 0. The van der Waals surface area contributed by atoms with Crippen molar-refractivity contribution in [2.24, 2.45) is 0 Å². The minimum atomic E-state index is -0.0745. The minimum Gasteiger partial charge on any atom is -0.356 e. The second-order valence-electron chi connectivity index (χ2n) is 9.20. The maximum atomic E-state index is 13.2. The third-order valence-corrected chi connectivity index (χ3v) is 6.56. The number of carbonyl (C=O) groups excluding carboxylic acids is 1. The first-order valence-electron chi connectivity index (χ1n) is 12.4. The van der Waals surface area contributed by atoms with E-state index in [2.05, 4.69) is 82.6 Å². The van der Waals surface area contributed by atoms with Crippen LogP contribution in [0.3, 0.4) is 0 Å². The van der Waals surface area contributed by atoms with Gasteiger partial charge in [-0.2, -0.15) is 0 Å². The molecule has 1 N–H and O–H groups in total. The summed E-state index contributed by atoms with van der Waals surface area (Å²) in [5.41, 5.74) is 6.77. The number of aryl methyl sites for hydroxylation is 1. The van der Waals surface area contributed by atoms with Crippen LogP contribution in [-0.4, -0.2) is 27.0 Å². The zero-order valence-corrected chi connectivity index (χ0v) is 21.7. The Morgan fingerprint density at radius 1 is 0.919 bits per heavy atom. The van der Waals surface area contributed by atoms with Crippen molar-refractivity contribution in [2.75, 3.05) is 6.54 Å². The van der Waals surface area contributed by atoms with Gasteiger partial charge in [-0.25, -0.2) is 4.98 Å². The molecule has 3 heterocycles. The highest BCUT2D eigenvalue weighted by Gasteiger charge is 2.23. The van der Waals surface area contributed by atoms with Crippen LogP contribution in [0.15, 0.2) is 104 Å². The lowest BCUT2D eigenvalue weighted by Gasteiger charge is -2.18. The van der Waals surface area contributed by atoms with Crippen molar-refractivity contribution in [3.05, 3.63) is 131 Å². The van der Waals surface area contributed by atoms with Crippen molar-refractivity contribution < 1.29 is 4.79 Å². The molecular formula is C31H31ClN4O. The SMILES string of the molecule is Cc1cccc(C(CC(=O)NCCc2ccncc2)c2cn(Cc3ccccc3)c3ncccc23)c1.Cl. The van der Waals surface area contributed by atoms with Gasteiger partial charge in [0.25, 0.3) is 0 Å². The molecule has 188 valence electrons. The molecule has 0 saturated heterocycles. The Kier molecular flexibility index (Phi) is 8.70.